The molecule has 0 saturated carbocycles. The third kappa shape index (κ3) is 2.05. The van der Waals surface area contributed by atoms with Gasteiger partial charge in [-0.05, 0) is 37.5 Å². The number of aromatic nitrogens is 2. The second kappa shape index (κ2) is 5.00. The number of rotatable bonds is 3. The predicted molar refractivity (Wildman–Crippen MR) is 74.3 cm³/mol. The van der Waals surface area contributed by atoms with E-state index >= 15 is 0 Å². The maximum absolute atomic E-state index is 9.99. The summed E-state index contributed by atoms with van der Waals surface area (Å²) in [4.78, 5) is 8.74. The average Bonchev–Trinajstić information content (AvgIpc) is 2.95. The van der Waals surface area contributed by atoms with E-state index in [1.165, 1.54) is 0 Å². The molecular weight excluding hydrogens is 256 g/mol. The zero-order chi connectivity index (χ0) is 14.1. The number of hydrogen-bond acceptors (Lipinski definition) is 5. The normalized spacial score (nSPS) is 13.1. The molecule has 1 aliphatic carbocycles. The number of nitrogens with zero attached hydrogens (tertiary/aromatic N) is 2. The van der Waals surface area contributed by atoms with Crippen LogP contribution in [0.2, 0.25) is 0 Å². The molecule has 0 fully saturated rings. The van der Waals surface area contributed by atoms with Crippen LogP contribution in [0, 0.1) is 0 Å². The molecule has 0 spiro atoms. The third-order valence-electron chi connectivity index (χ3n) is 3.55. The fourth-order valence-electron chi connectivity index (χ4n) is 2.52. The van der Waals surface area contributed by atoms with Gasteiger partial charge in [0.05, 0.1) is 19.9 Å². The van der Waals surface area contributed by atoms with Crippen molar-refractivity contribution in [3.8, 4) is 28.8 Å². The largest absolute Gasteiger partial charge is 0.493 e. The van der Waals surface area contributed by atoms with Crippen LogP contribution in [0.4, 0.5) is 0 Å². The Morgan fingerprint density at radius 2 is 1.85 bits per heavy atom. The van der Waals surface area contributed by atoms with Crippen LogP contribution in [0.3, 0.4) is 0 Å². The van der Waals surface area contributed by atoms with E-state index in [9.17, 15) is 5.11 Å². The molecule has 1 aliphatic rings. The van der Waals surface area contributed by atoms with Crippen LogP contribution in [0.5, 0.6) is 17.4 Å². The van der Waals surface area contributed by atoms with Gasteiger partial charge in [0.15, 0.2) is 17.3 Å². The third-order valence-corrected chi connectivity index (χ3v) is 3.55. The molecule has 0 saturated heterocycles. The molecule has 2 aromatic rings. The van der Waals surface area contributed by atoms with E-state index in [1.807, 2.05) is 18.2 Å². The molecule has 0 bridgehead atoms. The quantitative estimate of drug-likeness (QED) is 0.929. The van der Waals surface area contributed by atoms with Crippen molar-refractivity contribution in [1.82, 2.24) is 9.97 Å². The maximum atomic E-state index is 9.99. The van der Waals surface area contributed by atoms with E-state index in [0.29, 0.717) is 17.3 Å². The minimum absolute atomic E-state index is 0.0947. The summed E-state index contributed by atoms with van der Waals surface area (Å²) in [5.74, 6) is 1.89. The fraction of sp³-hybridized carbons (Fsp3) is 0.333. The summed E-state index contributed by atoms with van der Waals surface area (Å²) in [5, 5.41) is 9.99. The predicted octanol–water partition coefficient (Wildman–Crippen LogP) is 2.36. The maximum Gasteiger partial charge on any atom is 0.217 e. The second-order valence-electron chi connectivity index (χ2n) is 4.72. The van der Waals surface area contributed by atoms with Gasteiger partial charge in [0.25, 0.3) is 0 Å². The first-order valence-corrected chi connectivity index (χ1v) is 6.54. The van der Waals surface area contributed by atoms with Gasteiger partial charge in [-0.1, -0.05) is 0 Å². The zero-order valence-electron chi connectivity index (χ0n) is 11.5. The summed E-state index contributed by atoms with van der Waals surface area (Å²) in [6, 6.07) is 5.48. The molecule has 0 atom stereocenters. The van der Waals surface area contributed by atoms with E-state index < -0.39 is 0 Å². The monoisotopic (exact) mass is 272 g/mol. The molecule has 1 heterocycles. The van der Waals surface area contributed by atoms with E-state index in [4.69, 9.17) is 9.47 Å². The lowest BCUT2D eigenvalue weighted by Gasteiger charge is -2.10. The lowest BCUT2D eigenvalue weighted by molar-refractivity contribution is 0.355. The Morgan fingerprint density at radius 3 is 2.60 bits per heavy atom. The van der Waals surface area contributed by atoms with E-state index in [0.717, 1.165) is 36.1 Å². The molecule has 104 valence electrons. The van der Waals surface area contributed by atoms with Gasteiger partial charge in [0, 0.05) is 11.1 Å². The Hall–Kier alpha value is -2.30. The summed E-state index contributed by atoms with van der Waals surface area (Å²) in [6.07, 6.45) is 2.77. The number of hydrogen-bond donors (Lipinski definition) is 1. The van der Waals surface area contributed by atoms with Gasteiger partial charge < -0.3 is 14.6 Å². The molecule has 5 nitrogen and oxygen atoms in total. The number of aromatic hydroxyl groups is 1. The van der Waals surface area contributed by atoms with Crippen LogP contribution in [-0.4, -0.2) is 29.3 Å². The summed E-state index contributed by atoms with van der Waals surface area (Å²) < 4.78 is 10.5. The van der Waals surface area contributed by atoms with Gasteiger partial charge in [-0.15, -0.1) is 0 Å². The standard InChI is InChI=1S/C15H16N2O3/c1-19-12-7-6-9(8-13(12)20-2)14-16-11-5-3-4-10(11)15(18)17-14/h6-8H,3-5H2,1-2H3,(H,16,17,18). The molecule has 0 aliphatic heterocycles. The van der Waals surface area contributed by atoms with Crippen LogP contribution in [0.1, 0.15) is 17.7 Å². The minimum atomic E-state index is 0.0947. The van der Waals surface area contributed by atoms with Crippen LogP contribution in [-0.2, 0) is 12.8 Å². The molecule has 1 aromatic heterocycles. The van der Waals surface area contributed by atoms with E-state index in [-0.39, 0.29) is 5.88 Å². The van der Waals surface area contributed by atoms with Gasteiger partial charge in [0.2, 0.25) is 5.88 Å². The molecular formula is C15H16N2O3. The highest BCUT2D eigenvalue weighted by atomic mass is 16.5. The smallest absolute Gasteiger partial charge is 0.217 e. The van der Waals surface area contributed by atoms with Crippen LogP contribution >= 0.6 is 0 Å². The molecule has 0 unspecified atom stereocenters. The Labute approximate surface area is 117 Å². The number of benzene rings is 1. The van der Waals surface area contributed by atoms with Crippen molar-refractivity contribution in [2.45, 2.75) is 19.3 Å². The Kier molecular flexibility index (Phi) is 3.18. The first-order valence-electron chi connectivity index (χ1n) is 6.54. The highest BCUT2D eigenvalue weighted by molar-refractivity contribution is 5.62. The van der Waals surface area contributed by atoms with Crippen molar-refractivity contribution >= 4 is 0 Å². The lowest BCUT2D eigenvalue weighted by atomic mass is 10.1. The first kappa shape index (κ1) is 12.7. The Balaban J connectivity index is 2.07. The van der Waals surface area contributed by atoms with Gasteiger partial charge in [0.1, 0.15) is 0 Å². The van der Waals surface area contributed by atoms with E-state index in [1.54, 1.807) is 14.2 Å². The van der Waals surface area contributed by atoms with Crippen LogP contribution in [0.25, 0.3) is 11.4 Å². The van der Waals surface area contributed by atoms with Gasteiger partial charge in [-0.25, -0.2) is 4.98 Å². The lowest BCUT2D eigenvalue weighted by Crippen LogP contribution is -1.97. The molecule has 20 heavy (non-hydrogen) atoms. The number of fused-ring (bicyclic) bond motifs is 1. The van der Waals surface area contributed by atoms with Crippen molar-refractivity contribution in [3.63, 3.8) is 0 Å². The number of ether oxygens (including phenoxy) is 2. The van der Waals surface area contributed by atoms with E-state index in [2.05, 4.69) is 9.97 Å². The molecule has 1 N–H and O–H groups in total. The van der Waals surface area contributed by atoms with Gasteiger partial charge in [-0.3, -0.25) is 0 Å². The van der Waals surface area contributed by atoms with Crippen molar-refractivity contribution in [2.24, 2.45) is 0 Å². The molecule has 1 aromatic carbocycles. The Bertz CT molecular complexity index is 656. The zero-order valence-corrected chi connectivity index (χ0v) is 11.5. The van der Waals surface area contributed by atoms with Gasteiger partial charge >= 0.3 is 0 Å². The van der Waals surface area contributed by atoms with Crippen molar-refractivity contribution in [2.75, 3.05) is 14.2 Å². The van der Waals surface area contributed by atoms with Gasteiger partial charge in [-0.2, -0.15) is 4.98 Å². The highest BCUT2D eigenvalue weighted by Crippen LogP contribution is 2.33. The van der Waals surface area contributed by atoms with Crippen LogP contribution in [0.15, 0.2) is 18.2 Å². The molecule has 0 radical (unpaired) electrons. The average molecular weight is 272 g/mol. The van der Waals surface area contributed by atoms with Crippen LogP contribution < -0.4 is 9.47 Å². The molecule has 0 amide bonds. The van der Waals surface area contributed by atoms with Crippen molar-refractivity contribution in [1.29, 1.82) is 0 Å². The fourth-order valence-corrected chi connectivity index (χ4v) is 2.52. The molecule has 5 heteroatoms. The van der Waals surface area contributed by atoms with Crippen molar-refractivity contribution in [3.05, 3.63) is 29.5 Å². The summed E-state index contributed by atoms with van der Waals surface area (Å²) in [5.41, 5.74) is 2.63. The summed E-state index contributed by atoms with van der Waals surface area (Å²) in [7, 11) is 3.18. The molecule has 3 rings (SSSR count). The first-order chi connectivity index (χ1) is 9.72. The Morgan fingerprint density at radius 1 is 1.05 bits per heavy atom. The minimum Gasteiger partial charge on any atom is -0.493 e. The summed E-state index contributed by atoms with van der Waals surface area (Å²) >= 11 is 0. The SMILES string of the molecule is COc1ccc(-c2nc(O)c3c(n2)CCC3)cc1OC. The second-order valence-corrected chi connectivity index (χ2v) is 4.72. The number of methoxy groups -OCH3 is 2. The van der Waals surface area contributed by atoms with Crippen molar-refractivity contribution < 1.29 is 14.6 Å². The topological polar surface area (TPSA) is 64.5 Å². The number of aryl methyl sites for hydroxylation is 1. The highest BCUT2D eigenvalue weighted by Gasteiger charge is 2.20. The summed E-state index contributed by atoms with van der Waals surface area (Å²) in [6.45, 7) is 0.